The molecular weight excluding hydrogens is 156 g/mol. The number of carbonyl (C=O) groups is 1. The summed E-state index contributed by atoms with van der Waals surface area (Å²) in [5, 5.41) is 0. The Morgan fingerprint density at radius 2 is 2.42 bits per heavy atom. The standard InChI is InChI=1S/C8H16N2O2/c1-6-5-10(3-4-12-6)8(11)7(2)9/h6-7H,3-5,9H2,1-2H3/t6?,7-/m0/s1. The Kier molecular flexibility index (Phi) is 3.05. The molecule has 1 unspecified atom stereocenters. The van der Waals surface area contributed by atoms with Crippen LogP contribution in [0.4, 0.5) is 0 Å². The summed E-state index contributed by atoms with van der Waals surface area (Å²) >= 11 is 0. The lowest BCUT2D eigenvalue weighted by atomic mass is 10.2. The van der Waals surface area contributed by atoms with Crippen LogP contribution in [-0.2, 0) is 9.53 Å². The van der Waals surface area contributed by atoms with E-state index < -0.39 is 6.04 Å². The van der Waals surface area contributed by atoms with Gasteiger partial charge in [0.05, 0.1) is 18.8 Å². The van der Waals surface area contributed by atoms with Gasteiger partial charge in [0.2, 0.25) is 5.91 Å². The fraction of sp³-hybridized carbons (Fsp3) is 0.875. The SMILES string of the molecule is CC1CN(C(=O)[C@H](C)N)CCO1. The van der Waals surface area contributed by atoms with Crippen molar-refractivity contribution in [3.8, 4) is 0 Å². The van der Waals surface area contributed by atoms with Gasteiger partial charge in [-0.15, -0.1) is 0 Å². The first-order valence-corrected chi connectivity index (χ1v) is 4.27. The molecule has 4 nitrogen and oxygen atoms in total. The molecule has 0 aliphatic carbocycles. The van der Waals surface area contributed by atoms with Crippen LogP contribution in [0.3, 0.4) is 0 Å². The zero-order chi connectivity index (χ0) is 9.14. The van der Waals surface area contributed by atoms with Crippen molar-refractivity contribution < 1.29 is 9.53 Å². The third-order valence-electron chi connectivity index (χ3n) is 1.94. The Morgan fingerprint density at radius 1 is 1.75 bits per heavy atom. The van der Waals surface area contributed by atoms with E-state index in [-0.39, 0.29) is 12.0 Å². The average molecular weight is 172 g/mol. The second kappa shape index (κ2) is 3.87. The lowest BCUT2D eigenvalue weighted by Crippen LogP contribution is -2.49. The molecule has 12 heavy (non-hydrogen) atoms. The first-order chi connectivity index (χ1) is 5.61. The molecule has 0 aromatic heterocycles. The Morgan fingerprint density at radius 3 is 2.92 bits per heavy atom. The Bertz CT molecular complexity index is 170. The monoisotopic (exact) mass is 172 g/mol. The van der Waals surface area contributed by atoms with Crippen LogP contribution < -0.4 is 5.73 Å². The van der Waals surface area contributed by atoms with Gasteiger partial charge in [0.1, 0.15) is 0 Å². The van der Waals surface area contributed by atoms with Crippen molar-refractivity contribution in [2.75, 3.05) is 19.7 Å². The van der Waals surface area contributed by atoms with Gasteiger partial charge in [0, 0.05) is 13.1 Å². The van der Waals surface area contributed by atoms with Gasteiger partial charge in [-0.05, 0) is 13.8 Å². The summed E-state index contributed by atoms with van der Waals surface area (Å²) < 4.78 is 5.30. The normalized spacial score (nSPS) is 26.9. The molecule has 1 fully saturated rings. The lowest BCUT2D eigenvalue weighted by Gasteiger charge is -2.32. The van der Waals surface area contributed by atoms with E-state index in [1.165, 1.54) is 0 Å². The molecule has 1 amide bonds. The number of hydrogen-bond acceptors (Lipinski definition) is 3. The van der Waals surface area contributed by atoms with Crippen molar-refractivity contribution in [3.63, 3.8) is 0 Å². The number of amides is 1. The van der Waals surface area contributed by atoms with E-state index in [0.29, 0.717) is 19.7 Å². The van der Waals surface area contributed by atoms with Crippen molar-refractivity contribution in [1.29, 1.82) is 0 Å². The van der Waals surface area contributed by atoms with Crippen molar-refractivity contribution in [3.05, 3.63) is 0 Å². The average Bonchev–Trinajstić information content (AvgIpc) is 2.03. The van der Waals surface area contributed by atoms with Crippen LogP contribution in [-0.4, -0.2) is 42.6 Å². The topological polar surface area (TPSA) is 55.6 Å². The second-order valence-corrected chi connectivity index (χ2v) is 3.25. The van der Waals surface area contributed by atoms with E-state index in [4.69, 9.17) is 10.5 Å². The molecular formula is C8H16N2O2. The van der Waals surface area contributed by atoms with Crippen LogP contribution >= 0.6 is 0 Å². The summed E-state index contributed by atoms with van der Waals surface area (Å²) in [5.74, 6) is 0.0187. The number of hydrogen-bond donors (Lipinski definition) is 1. The zero-order valence-electron chi connectivity index (χ0n) is 7.62. The van der Waals surface area contributed by atoms with Gasteiger partial charge in [0.25, 0.3) is 0 Å². The van der Waals surface area contributed by atoms with Crippen molar-refractivity contribution in [2.24, 2.45) is 5.73 Å². The highest BCUT2D eigenvalue weighted by Crippen LogP contribution is 2.05. The molecule has 4 heteroatoms. The first kappa shape index (κ1) is 9.48. The summed E-state index contributed by atoms with van der Waals surface area (Å²) in [7, 11) is 0. The maximum absolute atomic E-state index is 11.4. The number of rotatable bonds is 1. The minimum Gasteiger partial charge on any atom is -0.375 e. The molecule has 0 aromatic rings. The van der Waals surface area contributed by atoms with Gasteiger partial charge in [0.15, 0.2) is 0 Å². The van der Waals surface area contributed by atoms with Crippen molar-refractivity contribution >= 4 is 5.91 Å². The molecule has 0 saturated carbocycles. The summed E-state index contributed by atoms with van der Waals surface area (Å²) in [6, 6.07) is -0.393. The minimum atomic E-state index is -0.393. The fourth-order valence-electron chi connectivity index (χ4n) is 1.31. The maximum Gasteiger partial charge on any atom is 0.239 e. The van der Waals surface area contributed by atoms with E-state index in [9.17, 15) is 4.79 Å². The molecule has 1 aliphatic rings. The third-order valence-corrected chi connectivity index (χ3v) is 1.94. The van der Waals surface area contributed by atoms with Gasteiger partial charge in [-0.1, -0.05) is 0 Å². The summed E-state index contributed by atoms with van der Waals surface area (Å²) in [4.78, 5) is 13.2. The maximum atomic E-state index is 11.4. The third kappa shape index (κ3) is 2.19. The van der Waals surface area contributed by atoms with E-state index in [2.05, 4.69) is 0 Å². The molecule has 2 N–H and O–H groups in total. The highest BCUT2D eigenvalue weighted by atomic mass is 16.5. The van der Waals surface area contributed by atoms with Gasteiger partial charge in [-0.2, -0.15) is 0 Å². The van der Waals surface area contributed by atoms with E-state index in [0.717, 1.165) is 0 Å². The van der Waals surface area contributed by atoms with Crippen LogP contribution in [0.25, 0.3) is 0 Å². The van der Waals surface area contributed by atoms with E-state index in [1.54, 1.807) is 11.8 Å². The highest BCUT2D eigenvalue weighted by molar-refractivity contribution is 5.81. The lowest BCUT2D eigenvalue weighted by molar-refractivity contribution is -0.139. The van der Waals surface area contributed by atoms with Gasteiger partial charge in [-0.25, -0.2) is 0 Å². The quantitative estimate of drug-likeness (QED) is 0.584. The molecule has 0 bridgehead atoms. The van der Waals surface area contributed by atoms with Gasteiger partial charge >= 0.3 is 0 Å². The molecule has 2 atom stereocenters. The molecule has 0 aromatic carbocycles. The molecule has 70 valence electrons. The van der Waals surface area contributed by atoms with Gasteiger partial charge in [-0.3, -0.25) is 4.79 Å². The molecule has 1 saturated heterocycles. The number of nitrogens with two attached hydrogens (primary N) is 1. The van der Waals surface area contributed by atoms with Crippen molar-refractivity contribution in [1.82, 2.24) is 4.90 Å². The summed E-state index contributed by atoms with van der Waals surface area (Å²) in [5.41, 5.74) is 5.48. The second-order valence-electron chi connectivity index (χ2n) is 3.25. The van der Waals surface area contributed by atoms with Crippen LogP contribution in [0.15, 0.2) is 0 Å². The number of morpholine rings is 1. The number of carbonyl (C=O) groups excluding carboxylic acids is 1. The Hall–Kier alpha value is -0.610. The fourth-order valence-corrected chi connectivity index (χ4v) is 1.31. The van der Waals surface area contributed by atoms with Gasteiger partial charge < -0.3 is 15.4 Å². The molecule has 1 rings (SSSR count). The Labute approximate surface area is 72.7 Å². The van der Waals surface area contributed by atoms with E-state index in [1.807, 2.05) is 6.92 Å². The zero-order valence-corrected chi connectivity index (χ0v) is 7.62. The molecule has 0 radical (unpaired) electrons. The van der Waals surface area contributed by atoms with Crippen LogP contribution in [0.1, 0.15) is 13.8 Å². The van der Waals surface area contributed by atoms with Crippen LogP contribution in [0.5, 0.6) is 0 Å². The molecule has 1 aliphatic heterocycles. The number of ether oxygens (including phenoxy) is 1. The molecule has 0 spiro atoms. The minimum absolute atomic E-state index is 0.0187. The predicted octanol–water partition coefficient (Wildman–Crippen LogP) is -0.419. The summed E-state index contributed by atoms with van der Waals surface area (Å²) in [6.45, 7) is 5.63. The van der Waals surface area contributed by atoms with Crippen molar-refractivity contribution in [2.45, 2.75) is 26.0 Å². The van der Waals surface area contributed by atoms with Crippen LogP contribution in [0, 0.1) is 0 Å². The highest BCUT2D eigenvalue weighted by Gasteiger charge is 2.22. The summed E-state index contributed by atoms with van der Waals surface area (Å²) in [6.07, 6.45) is 0.140. The first-order valence-electron chi connectivity index (χ1n) is 4.27. The largest absolute Gasteiger partial charge is 0.375 e. The van der Waals surface area contributed by atoms with E-state index >= 15 is 0 Å². The number of nitrogens with zero attached hydrogens (tertiary/aromatic N) is 1. The predicted molar refractivity (Wildman–Crippen MR) is 45.6 cm³/mol. The smallest absolute Gasteiger partial charge is 0.239 e. The molecule has 1 heterocycles. The Balaban J connectivity index is 2.46. The van der Waals surface area contributed by atoms with Crippen LogP contribution in [0.2, 0.25) is 0 Å².